The minimum Gasteiger partial charge on any atom is -0.436 e. The van der Waals surface area contributed by atoms with Crippen LogP contribution in [0.4, 0.5) is 0 Å². The molecule has 2 aromatic carbocycles. The van der Waals surface area contributed by atoms with E-state index >= 15 is 0 Å². The number of oxazole rings is 1. The predicted molar refractivity (Wildman–Crippen MR) is 110 cm³/mol. The Hall–Kier alpha value is -1.40. The van der Waals surface area contributed by atoms with E-state index in [9.17, 15) is 0 Å². The van der Waals surface area contributed by atoms with E-state index in [1.807, 2.05) is 12.1 Å². The molecule has 0 radical (unpaired) electrons. The maximum atomic E-state index is 5.96. The van der Waals surface area contributed by atoms with E-state index in [2.05, 4.69) is 71.7 Å². The molecule has 2 heterocycles. The van der Waals surface area contributed by atoms with Gasteiger partial charge >= 0.3 is 0 Å². The van der Waals surface area contributed by atoms with Crippen LogP contribution >= 0.6 is 22.6 Å². The number of aromatic nitrogens is 1. The average molecular weight is 446 g/mol. The molecule has 3 aromatic rings. The fourth-order valence-corrected chi connectivity index (χ4v) is 4.54. The summed E-state index contributed by atoms with van der Waals surface area (Å²) in [5, 5.41) is 0. The van der Waals surface area contributed by atoms with Crippen molar-refractivity contribution >= 4 is 33.7 Å². The van der Waals surface area contributed by atoms with E-state index < -0.39 is 0 Å². The van der Waals surface area contributed by atoms with Gasteiger partial charge in [0.15, 0.2) is 5.58 Å². The lowest BCUT2D eigenvalue weighted by atomic mass is 9.91. The second-order valence-electron chi connectivity index (χ2n) is 7.47. The Kier molecular flexibility index (Phi) is 4.82. The van der Waals surface area contributed by atoms with Crippen molar-refractivity contribution in [2.24, 2.45) is 11.8 Å². The van der Waals surface area contributed by atoms with E-state index in [0.717, 1.165) is 35.0 Å². The quantitative estimate of drug-likeness (QED) is 0.492. The Labute approximate surface area is 162 Å². The number of hydrogen-bond acceptors (Lipinski definition) is 3. The summed E-state index contributed by atoms with van der Waals surface area (Å²) in [7, 11) is 0. The number of fused-ring (bicyclic) bond motifs is 1. The van der Waals surface area contributed by atoms with Crippen LogP contribution in [0, 0.1) is 15.4 Å². The summed E-state index contributed by atoms with van der Waals surface area (Å²) in [5.74, 6) is 2.27. The highest BCUT2D eigenvalue weighted by atomic mass is 127. The smallest absolute Gasteiger partial charge is 0.227 e. The molecule has 1 aliphatic rings. The highest BCUT2D eigenvalue weighted by Crippen LogP contribution is 2.27. The van der Waals surface area contributed by atoms with Gasteiger partial charge in [-0.05, 0) is 76.7 Å². The lowest BCUT2D eigenvalue weighted by molar-refractivity contribution is 0.134. The van der Waals surface area contributed by atoms with Crippen LogP contribution in [0.15, 0.2) is 46.9 Å². The summed E-state index contributed by atoms with van der Waals surface area (Å²) in [6, 6.07) is 14.7. The van der Waals surface area contributed by atoms with Crippen LogP contribution in [0.2, 0.25) is 0 Å². The average Bonchev–Trinajstić information content (AvgIpc) is 2.97. The minimum absolute atomic E-state index is 0.700. The number of nitrogens with zero attached hydrogens (tertiary/aromatic N) is 2. The van der Waals surface area contributed by atoms with Gasteiger partial charge in [0.1, 0.15) is 5.52 Å². The number of hydrogen-bond donors (Lipinski definition) is 0. The Balaban J connectivity index is 1.58. The first-order chi connectivity index (χ1) is 12.1. The second-order valence-corrected chi connectivity index (χ2v) is 8.72. The second kappa shape index (κ2) is 7.08. The highest BCUT2D eigenvalue weighted by Gasteiger charge is 2.21. The molecular formula is C21H23IN2O. The monoisotopic (exact) mass is 446 g/mol. The molecule has 0 N–H and O–H groups in total. The fourth-order valence-electron chi connectivity index (χ4n) is 4.00. The van der Waals surface area contributed by atoms with Gasteiger partial charge in [0.25, 0.3) is 0 Å². The van der Waals surface area contributed by atoms with Gasteiger partial charge in [0.2, 0.25) is 5.89 Å². The molecule has 0 spiro atoms. The standard InChI is InChI=1S/C21H23IN2O/c1-14-8-15(2)12-24(11-14)13-16-6-7-20-19(9-16)23-21(25-20)17-4-3-5-18(22)10-17/h3-7,9-10,14-15H,8,11-13H2,1-2H3. The Bertz CT molecular complexity index is 878. The van der Waals surface area contributed by atoms with Gasteiger partial charge in [0.05, 0.1) is 0 Å². The number of likely N-dealkylation sites (tertiary alicyclic amines) is 1. The van der Waals surface area contributed by atoms with Crippen molar-refractivity contribution in [2.75, 3.05) is 13.1 Å². The largest absolute Gasteiger partial charge is 0.436 e. The first kappa shape index (κ1) is 17.0. The Morgan fingerprint density at radius 1 is 1.12 bits per heavy atom. The number of halogens is 1. The van der Waals surface area contributed by atoms with Gasteiger partial charge in [0, 0.05) is 28.8 Å². The molecule has 2 unspecified atom stereocenters. The third-order valence-corrected chi connectivity index (χ3v) is 5.55. The molecule has 0 bridgehead atoms. The molecule has 1 aromatic heterocycles. The zero-order chi connectivity index (χ0) is 17.4. The van der Waals surface area contributed by atoms with Crippen molar-refractivity contribution in [3.63, 3.8) is 0 Å². The number of rotatable bonds is 3. The molecule has 4 rings (SSSR count). The van der Waals surface area contributed by atoms with Crippen molar-refractivity contribution in [2.45, 2.75) is 26.8 Å². The summed E-state index contributed by atoms with van der Waals surface area (Å²) in [6.07, 6.45) is 1.35. The molecule has 0 saturated carbocycles. The van der Waals surface area contributed by atoms with E-state index in [1.54, 1.807) is 0 Å². The van der Waals surface area contributed by atoms with Crippen LogP contribution in [0.25, 0.3) is 22.6 Å². The molecule has 1 saturated heterocycles. The molecule has 0 amide bonds. The van der Waals surface area contributed by atoms with Gasteiger partial charge in [-0.15, -0.1) is 0 Å². The van der Waals surface area contributed by atoms with Crippen molar-refractivity contribution in [3.8, 4) is 11.5 Å². The molecule has 4 heteroatoms. The summed E-state index contributed by atoms with van der Waals surface area (Å²) >= 11 is 2.31. The normalized spacial score (nSPS) is 21.7. The van der Waals surface area contributed by atoms with Crippen LogP contribution in [0.1, 0.15) is 25.8 Å². The molecule has 1 fully saturated rings. The Morgan fingerprint density at radius 2 is 1.92 bits per heavy atom. The maximum absolute atomic E-state index is 5.96. The predicted octanol–water partition coefficient (Wildman–Crippen LogP) is 5.58. The summed E-state index contributed by atoms with van der Waals surface area (Å²) in [4.78, 5) is 7.29. The van der Waals surface area contributed by atoms with Gasteiger partial charge in [-0.3, -0.25) is 4.90 Å². The van der Waals surface area contributed by atoms with Crippen LogP contribution in [0.3, 0.4) is 0 Å². The highest BCUT2D eigenvalue weighted by molar-refractivity contribution is 14.1. The minimum atomic E-state index is 0.700. The molecule has 0 aliphatic carbocycles. The fraction of sp³-hybridized carbons (Fsp3) is 0.381. The van der Waals surface area contributed by atoms with Crippen molar-refractivity contribution in [3.05, 3.63) is 51.6 Å². The first-order valence-electron chi connectivity index (χ1n) is 8.94. The third-order valence-electron chi connectivity index (χ3n) is 4.87. The van der Waals surface area contributed by atoms with Gasteiger partial charge in [-0.2, -0.15) is 0 Å². The van der Waals surface area contributed by atoms with Crippen molar-refractivity contribution in [1.82, 2.24) is 9.88 Å². The third kappa shape index (κ3) is 3.90. The zero-order valence-electron chi connectivity index (χ0n) is 14.7. The van der Waals surface area contributed by atoms with Gasteiger partial charge in [-0.25, -0.2) is 4.98 Å². The van der Waals surface area contributed by atoms with Crippen molar-refractivity contribution in [1.29, 1.82) is 0 Å². The Morgan fingerprint density at radius 3 is 2.68 bits per heavy atom. The van der Waals surface area contributed by atoms with E-state index in [-0.39, 0.29) is 0 Å². The molecule has 1 aliphatic heterocycles. The molecule has 3 nitrogen and oxygen atoms in total. The molecule has 2 atom stereocenters. The topological polar surface area (TPSA) is 29.3 Å². The van der Waals surface area contributed by atoms with Crippen molar-refractivity contribution < 1.29 is 4.42 Å². The number of benzene rings is 2. The maximum Gasteiger partial charge on any atom is 0.227 e. The SMILES string of the molecule is CC1CC(C)CN(Cc2ccc3oc(-c4cccc(I)c4)nc3c2)C1. The molecule has 25 heavy (non-hydrogen) atoms. The van der Waals surface area contributed by atoms with E-state index in [1.165, 1.54) is 28.6 Å². The van der Waals surface area contributed by atoms with Crippen LogP contribution in [0.5, 0.6) is 0 Å². The van der Waals surface area contributed by atoms with Crippen LogP contribution < -0.4 is 0 Å². The molecule has 130 valence electrons. The van der Waals surface area contributed by atoms with Gasteiger partial charge < -0.3 is 4.42 Å². The lowest BCUT2D eigenvalue weighted by Crippen LogP contribution is -2.38. The van der Waals surface area contributed by atoms with E-state index in [0.29, 0.717) is 5.89 Å². The summed E-state index contributed by atoms with van der Waals surface area (Å²) in [5.41, 5.74) is 4.15. The summed E-state index contributed by atoms with van der Waals surface area (Å²) in [6.45, 7) is 8.09. The number of piperidine rings is 1. The first-order valence-corrected chi connectivity index (χ1v) is 10.0. The van der Waals surface area contributed by atoms with Crippen LogP contribution in [-0.4, -0.2) is 23.0 Å². The van der Waals surface area contributed by atoms with E-state index in [4.69, 9.17) is 9.40 Å². The zero-order valence-corrected chi connectivity index (χ0v) is 16.9. The lowest BCUT2D eigenvalue weighted by Gasteiger charge is -2.34. The summed E-state index contributed by atoms with van der Waals surface area (Å²) < 4.78 is 7.15. The van der Waals surface area contributed by atoms with Gasteiger partial charge in [-0.1, -0.05) is 26.0 Å². The molecular weight excluding hydrogens is 423 g/mol. The van der Waals surface area contributed by atoms with Crippen LogP contribution in [-0.2, 0) is 6.54 Å².